The van der Waals surface area contributed by atoms with E-state index in [0.717, 1.165) is 24.5 Å². The second-order valence-corrected chi connectivity index (χ2v) is 6.12. The molecule has 0 radical (unpaired) electrons. The summed E-state index contributed by atoms with van der Waals surface area (Å²) in [6.07, 6.45) is 3.93. The van der Waals surface area contributed by atoms with Gasteiger partial charge in [-0.25, -0.2) is 4.98 Å². The number of nitrogens with one attached hydrogen (secondary N) is 1. The fraction of sp³-hybridized carbons (Fsp3) is 0.235. The number of hydrogen-bond donors (Lipinski definition) is 1. The van der Waals surface area contributed by atoms with Crippen molar-refractivity contribution in [1.29, 1.82) is 0 Å². The van der Waals surface area contributed by atoms with Crippen LogP contribution in [0, 0.1) is 0 Å². The largest absolute Gasteiger partial charge is 0.327 e. The predicted octanol–water partition coefficient (Wildman–Crippen LogP) is 3.96. The molecule has 1 atom stereocenters. The van der Waals surface area contributed by atoms with Gasteiger partial charge in [0.05, 0.1) is 0 Å². The van der Waals surface area contributed by atoms with Crippen LogP contribution in [0.4, 0.5) is 0 Å². The number of benzene rings is 1. The number of imidazole rings is 1. The van der Waals surface area contributed by atoms with E-state index in [0.29, 0.717) is 6.04 Å². The first-order valence-electron chi connectivity index (χ1n) is 7.16. The van der Waals surface area contributed by atoms with Gasteiger partial charge in [0.15, 0.2) is 0 Å². The van der Waals surface area contributed by atoms with Crippen LogP contribution in [0.5, 0.6) is 0 Å². The molecule has 3 rings (SSSR count). The molecule has 2 heterocycles. The average Bonchev–Trinajstić information content (AvgIpc) is 3.19. The van der Waals surface area contributed by atoms with Gasteiger partial charge in [-0.1, -0.05) is 36.4 Å². The summed E-state index contributed by atoms with van der Waals surface area (Å²) in [6.45, 7) is 4.07. The van der Waals surface area contributed by atoms with E-state index in [4.69, 9.17) is 0 Å². The number of nitrogens with zero attached hydrogens (tertiary/aromatic N) is 2. The summed E-state index contributed by atoms with van der Waals surface area (Å²) >= 11 is 1.79. The molecule has 0 aliphatic rings. The minimum absolute atomic E-state index is 0.364. The summed E-state index contributed by atoms with van der Waals surface area (Å²) in [7, 11) is 0. The highest BCUT2D eigenvalue weighted by molar-refractivity contribution is 7.09. The lowest BCUT2D eigenvalue weighted by Crippen LogP contribution is -2.23. The first-order valence-corrected chi connectivity index (χ1v) is 8.04. The first kappa shape index (κ1) is 14.0. The molecular formula is C17H19N3S. The number of hydrogen-bond acceptors (Lipinski definition) is 3. The van der Waals surface area contributed by atoms with Gasteiger partial charge in [0, 0.05) is 42.0 Å². The summed E-state index contributed by atoms with van der Waals surface area (Å²) in [5.74, 6) is 1.03. The molecule has 0 aliphatic carbocycles. The third-order valence-corrected chi connectivity index (χ3v) is 4.37. The van der Waals surface area contributed by atoms with Gasteiger partial charge in [-0.3, -0.25) is 0 Å². The fourth-order valence-electron chi connectivity index (χ4n) is 2.40. The van der Waals surface area contributed by atoms with Crippen LogP contribution in [0.25, 0.3) is 11.4 Å². The predicted molar refractivity (Wildman–Crippen MR) is 88.4 cm³/mol. The zero-order valence-corrected chi connectivity index (χ0v) is 12.9. The Morgan fingerprint density at radius 3 is 2.81 bits per heavy atom. The van der Waals surface area contributed by atoms with Crippen molar-refractivity contribution in [2.24, 2.45) is 0 Å². The SMILES string of the molecule is CC(CNCc1cccs1)n1ccnc1-c1ccccc1. The van der Waals surface area contributed by atoms with Gasteiger partial charge in [0.25, 0.3) is 0 Å². The molecule has 4 heteroatoms. The van der Waals surface area contributed by atoms with Gasteiger partial charge in [0.1, 0.15) is 5.82 Å². The van der Waals surface area contributed by atoms with Crippen molar-refractivity contribution in [2.75, 3.05) is 6.54 Å². The number of rotatable bonds is 6. The smallest absolute Gasteiger partial charge is 0.140 e. The fourth-order valence-corrected chi connectivity index (χ4v) is 3.07. The van der Waals surface area contributed by atoms with Crippen LogP contribution in [0.15, 0.2) is 60.2 Å². The van der Waals surface area contributed by atoms with Crippen molar-refractivity contribution in [2.45, 2.75) is 19.5 Å². The molecule has 108 valence electrons. The Kier molecular flexibility index (Phi) is 4.48. The maximum absolute atomic E-state index is 4.50. The van der Waals surface area contributed by atoms with Gasteiger partial charge >= 0.3 is 0 Å². The van der Waals surface area contributed by atoms with Crippen molar-refractivity contribution < 1.29 is 0 Å². The monoisotopic (exact) mass is 297 g/mol. The second-order valence-electron chi connectivity index (χ2n) is 5.08. The molecule has 3 nitrogen and oxygen atoms in total. The lowest BCUT2D eigenvalue weighted by molar-refractivity contribution is 0.498. The van der Waals surface area contributed by atoms with E-state index in [1.165, 1.54) is 4.88 Å². The molecule has 0 fully saturated rings. The lowest BCUT2D eigenvalue weighted by atomic mass is 10.2. The average molecular weight is 297 g/mol. The number of aromatic nitrogens is 2. The molecule has 0 spiro atoms. The maximum atomic E-state index is 4.50. The van der Waals surface area contributed by atoms with Crippen LogP contribution >= 0.6 is 11.3 Å². The molecule has 21 heavy (non-hydrogen) atoms. The van der Waals surface area contributed by atoms with Crippen molar-refractivity contribution in [1.82, 2.24) is 14.9 Å². The summed E-state index contributed by atoms with van der Waals surface area (Å²) in [5.41, 5.74) is 1.16. The van der Waals surface area contributed by atoms with Crippen LogP contribution in [0.1, 0.15) is 17.8 Å². The van der Waals surface area contributed by atoms with Crippen LogP contribution < -0.4 is 5.32 Å². The molecule has 3 aromatic rings. The van der Waals surface area contributed by atoms with Crippen LogP contribution in [0.2, 0.25) is 0 Å². The Morgan fingerprint density at radius 1 is 1.19 bits per heavy atom. The normalized spacial score (nSPS) is 12.4. The first-order chi connectivity index (χ1) is 10.3. The zero-order valence-electron chi connectivity index (χ0n) is 12.1. The topological polar surface area (TPSA) is 29.9 Å². The van der Waals surface area contributed by atoms with E-state index in [2.05, 4.69) is 57.6 Å². The molecule has 0 aliphatic heterocycles. The Hall–Kier alpha value is -1.91. The Balaban J connectivity index is 1.65. The molecule has 1 aromatic carbocycles. The molecule has 0 amide bonds. The molecule has 2 aromatic heterocycles. The van der Waals surface area contributed by atoms with Gasteiger partial charge in [-0.05, 0) is 18.4 Å². The van der Waals surface area contributed by atoms with Gasteiger partial charge in [0.2, 0.25) is 0 Å². The Labute approximate surface area is 129 Å². The highest BCUT2D eigenvalue weighted by atomic mass is 32.1. The van der Waals surface area contributed by atoms with Crippen LogP contribution in [0.3, 0.4) is 0 Å². The van der Waals surface area contributed by atoms with Crippen molar-refractivity contribution in [3.63, 3.8) is 0 Å². The van der Waals surface area contributed by atoms with Crippen LogP contribution in [-0.2, 0) is 6.54 Å². The molecule has 1 N–H and O–H groups in total. The number of thiophene rings is 1. The highest BCUT2D eigenvalue weighted by Gasteiger charge is 2.11. The summed E-state index contributed by atoms with van der Waals surface area (Å²) in [4.78, 5) is 5.87. The summed E-state index contributed by atoms with van der Waals surface area (Å²) < 4.78 is 2.23. The zero-order chi connectivity index (χ0) is 14.5. The minimum atomic E-state index is 0.364. The third kappa shape index (κ3) is 3.40. The lowest BCUT2D eigenvalue weighted by Gasteiger charge is -2.17. The van der Waals surface area contributed by atoms with Crippen molar-refractivity contribution in [3.8, 4) is 11.4 Å². The van der Waals surface area contributed by atoms with E-state index in [-0.39, 0.29) is 0 Å². The molecule has 0 bridgehead atoms. The molecule has 0 saturated carbocycles. The van der Waals surface area contributed by atoms with E-state index in [9.17, 15) is 0 Å². The van der Waals surface area contributed by atoms with E-state index in [1.807, 2.05) is 24.4 Å². The minimum Gasteiger partial charge on any atom is -0.327 e. The third-order valence-electron chi connectivity index (χ3n) is 3.49. The standard InChI is InChI=1S/C17H19N3S/c1-14(12-18-13-16-8-5-11-21-16)20-10-9-19-17(20)15-6-3-2-4-7-15/h2-11,14,18H,12-13H2,1H3. The van der Waals surface area contributed by atoms with E-state index in [1.54, 1.807) is 11.3 Å². The molecule has 0 saturated heterocycles. The molecular weight excluding hydrogens is 278 g/mol. The van der Waals surface area contributed by atoms with Gasteiger partial charge in [-0.2, -0.15) is 0 Å². The summed E-state index contributed by atoms with van der Waals surface area (Å²) in [6, 6.07) is 15.0. The Morgan fingerprint density at radius 2 is 2.05 bits per heavy atom. The van der Waals surface area contributed by atoms with E-state index < -0.39 is 0 Å². The van der Waals surface area contributed by atoms with Crippen LogP contribution in [-0.4, -0.2) is 16.1 Å². The van der Waals surface area contributed by atoms with Gasteiger partial charge in [-0.15, -0.1) is 11.3 Å². The second kappa shape index (κ2) is 6.70. The maximum Gasteiger partial charge on any atom is 0.140 e. The quantitative estimate of drug-likeness (QED) is 0.746. The van der Waals surface area contributed by atoms with E-state index >= 15 is 0 Å². The molecule has 1 unspecified atom stereocenters. The van der Waals surface area contributed by atoms with Crippen molar-refractivity contribution >= 4 is 11.3 Å². The van der Waals surface area contributed by atoms with Gasteiger partial charge < -0.3 is 9.88 Å². The highest BCUT2D eigenvalue weighted by Crippen LogP contribution is 2.20. The van der Waals surface area contributed by atoms with Crippen molar-refractivity contribution in [3.05, 3.63) is 65.1 Å². The Bertz CT molecular complexity index is 658. The summed E-state index contributed by atoms with van der Waals surface area (Å²) in [5, 5.41) is 5.63.